The van der Waals surface area contributed by atoms with Gasteiger partial charge in [-0.05, 0) is 17.9 Å². The highest BCUT2D eigenvalue weighted by Crippen LogP contribution is 2.22. The van der Waals surface area contributed by atoms with Crippen LogP contribution in [-0.4, -0.2) is 17.0 Å². The summed E-state index contributed by atoms with van der Waals surface area (Å²) in [7, 11) is 0. The summed E-state index contributed by atoms with van der Waals surface area (Å²) in [5.74, 6) is -1.26. The molecular formula is C10H13NO3S. The molecule has 82 valence electrons. The van der Waals surface area contributed by atoms with Gasteiger partial charge in [-0.15, -0.1) is 11.3 Å². The third kappa shape index (κ3) is 2.79. The smallest absolute Gasteiger partial charge is 0.348 e. The summed E-state index contributed by atoms with van der Waals surface area (Å²) >= 11 is 1.10. The van der Waals surface area contributed by atoms with Gasteiger partial charge in [0.25, 0.3) is 0 Å². The number of hydrogen-bond donors (Lipinski definition) is 2. The molecule has 0 fully saturated rings. The number of anilines is 1. The minimum absolute atomic E-state index is 0.105. The largest absolute Gasteiger partial charge is 0.477 e. The zero-order valence-corrected chi connectivity index (χ0v) is 9.43. The molecule has 0 spiro atoms. The number of carboxylic acids is 1. The van der Waals surface area contributed by atoms with Crippen molar-refractivity contribution in [2.45, 2.75) is 20.3 Å². The van der Waals surface area contributed by atoms with Gasteiger partial charge in [0.2, 0.25) is 5.91 Å². The lowest BCUT2D eigenvalue weighted by molar-refractivity contribution is -0.119. The number of carboxylic acid groups (broad SMARTS) is 1. The standard InChI is InChI=1S/C10H13NO3S/c1-3-6(2)9(12)11-7-4-5-15-8(7)10(13)14/h4-6H,3H2,1-2H3,(H,11,12)(H,13,14). The summed E-state index contributed by atoms with van der Waals surface area (Å²) in [4.78, 5) is 22.5. The van der Waals surface area contributed by atoms with Crippen LogP contribution in [-0.2, 0) is 4.79 Å². The Hall–Kier alpha value is -1.36. The number of carbonyl (C=O) groups is 2. The summed E-state index contributed by atoms with van der Waals surface area (Å²) in [5, 5.41) is 13.1. The van der Waals surface area contributed by atoms with Crippen LogP contribution in [0.2, 0.25) is 0 Å². The Labute approximate surface area is 91.9 Å². The number of carbonyl (C=O) groups excluding carboxylic acids is 1. The molecule has 0 saturated carbocycles. The van der Waals surface area contributed by atoms with Gasteiger partial charge in [-0.1, -0.05) is 13.8 Å². The molecule has 0 aliphatic rings. The topological polar surface area (TPSA) is 66.4 Å². The molecule has 1 unspecified atom stereocenters. The van der Waals surface area contributed by atoms with Gasteiger partial charge in [0.1, 0.15) is 4.88 Å². The van der Waals surface area contributed by atoms with Crippen LogP contribution in [0.15, 0.2) is 11.4 Å². The second kappa shape index (κ2) is 4.93. The Morgan fingerprint density at radius 2 is 2.27 bits per heavy atom. The fraction of sp³-hybridized carbons (Fsp3) is 0.400. The summed E-state index contributed by atoms with van der Waals surface area (Å²) in [5.41, 5.74) is 0.387. The van der Waals surface area contributed by atoms with Crippen LogP contribution < -0.4 is 5.32 Å². The lowest BCUT2D eigenvalue weighted by Gasteiger charge is -2.09. The number of amides is 1. The monoisotopic (exact) mass is 227 g/mol. The third-order valence-electron chi connectivity index (χ3n) is 2.18. The highest BCUT2D eigenvalue weighted by Gasteiger charge is 2.16. The predicted molar refractivity (Wildman–Crippen MR) is 59.4 cm³/mol. The predicted octanol–water partition coefficient (Wildman–Crippen LogP) is 2.43. The third-order valence-corrected chi connectivity index (χ3v) is 3.08. The fourth-order valence-electron chi connectivity index (χ4n) is 1.01. The Bertz CT molecular complexity index is 372. The molecule has 0 bridgehead atoms. The van der Waals surface area contributed by atoms with E-state index in [4.69, 9.17) is 5.11 Å². The van der Waals surface area contributed by atoms with Gasteiger partial charge in [0.05, 0.1) is 5.69 Å². The van der Waals surface area contributed by atoms with Crippen molar-refractivity contribution in [1.29, 1.82) is 0 Å². The van der Waals surface area contributed by atoms with Gasteiger partial charge in [-0.3, -0.25) is 4.79 Å². The van der Waals surface area contributed by atoms with E-state index in [0.717, 1.165) is 17.8 Å². The first-order valence-electron chi connectivity index (χ1n) is 4.68. The van der Waals surface area contributed by atoms with Crippen molar-refractivity contribution in [3.63, 3.8) is 0 Å². The quantitative estimate of drug-likeness (QED) is 0.830. The molecular weight excluding hydrogens is 214 g/mol. The second-order valence-corrected chi connectivity index (χ2v) is 4.18. The molecule has 1 aromatic heterocycles. The van der Waals surface area contributed by atoms with Crippen LogP contribution in [0.3, 0.4) is 0 Å². The Morgan fingerprint density at radius 3 is 2.80 bits per heavy atom. The summed E-state index contributed by atoms with van der Waals surface area (Å²) in [6, 6.07) is 1.61. The average molecular weight is 227 g/mol. The van der Waals surface area contributed by atoms with Crippen LogP contribution in [0.1, 0.15) is 29.9 Å². The first-order valence-corrected chi connectivity index (χ1v) is 5.55. The highest BCUT2D eigenvalue weighted by molar-refractivity contribution is 7.12. The lowest BCUT2D eigenvalue weighted by Crippen LogP contribution is -2.20. The highest BCUT2D eigenvalue weighted by atomic mass is 32.1. The maximum absolute atomic E-state index is 11.5. The normalized spacial score (nSPS) is 12.1. The molecule has 0 aliphatic heterocycles. The zero-order valence-electron chi connectivity index (χ0n) is 8.61. The molecule has 0 saturated heterocycles. The summed E-state index contributed by atoms with van der Waals surface area (Å²) < 4.78 is 0. The minimum atomic E-state index is -1.01. The molecule has 1 aromatic rings. The molecule has 2 N–H and O–H groups in total. The molecule has 5 heteroatoms. The Balaban J connectivity index is 2.76. The fourth-order valence-corrected chi connectivity index (χ4v) is 1.70. The lowest BCUT2D eigenvalue weighted by atomic mass is 10.1. The number of nitrogens with one attached hydrogen (secondary N) is 1. The van der Waals surface area contributed by atoms with E-state index in [9.17, 15) is 9.59 Å². The van der Waals surface area contributed by atoms with Crippen molar-refractivity contribution in [1.82, 2.24) is 0 Å². The molecule has 1 rings (SSSR count). The van der Waals surface area contributed by atoms with Gasteiger partial charge < -0.3 is 10.4 Å². The average Bonchev–Trinajstić information content (AvgIpc) is 2.64. The number of thiophene rings is 1. The van der Waals surface area contributed by atoms with Crippen LogP contribution >= 0.6 is 11.3 Å². The molecule has 1 amide bonds. The van der Waals surface area contributed by atoms with Gasteiger partial charge >= 0.3 is 5.97 Å². The number of aromatic carboxylic acids is 1. The van der Waals surface area contributed by atoms with E-state index in [1.54, 1.807) is 11.4 Å². The molecule has 0 aromatic carbocycles. The molecule has 0 radical (unpaired) electrons. The minimum Gasteiger partial charge on any atom is -0.477 e. The van der Waals surface area contributed by atoms with E-state index in [2.05, 4.69) is 5.32 Å². The summed E-state index contributed by atoms with van der Waals surface area (Å²) in [6.45, 7) is 3.72. The van der Waals surface area contributed by atoms with Crippen molar-refractivity contribution in [2.24, 2.45) is 5.92 Å². The Morgan fingerprint density at radius 1 is 1.60 bits per heavy atom. The first kappa shape index (κ1) is 11.7. The van der Waals surface area contributed by atoms with E-state index in [1.807, 2.05) is 13.8 Å². The Kier molecular flexibility index (Phi) is 3.85. The summed E-state index contributed by atoms with van der Waals surface area (Å²) in [6.07, 6.45) is 0.734. The molecule has 1 heterocycles. The zero-order chi connectivity index (χ0) is 11.4. The van der Waals surface area contributed by atoms with Crippen LogP contribution in [0.25, 0.3) is 0 Å². The maximum atomic E-state index is 11.5. The van der Waals surface area contributed by atoms with Crippen molar-refractivity contribution in [3.05, 3.63) is 16.3 Å². The molecule has 1 atom stereocenters. The van der Waals surface area contributed by atoms with Gasteiger partial charge in [-0.2, -0.15) is 0 Å². The number of rotatable bonds is 4. The first-order chi connectivity index (χ1) is 7.06. The van der Waals surface area contributed by atoms with Crippen molar-refractivity contribution in [2.75, 3.05) is 5.32 Å². The molecule has 0 aliphatic carbocycles. The van der Waals surface area contributed by atoms with Crippen LogP contribution in [0, 0.1) is 5.92 Å². The van der Waals surface area contributed by atoms with E-state index in [1.165, 1.54) is 0 Å². The van der Waals surface area contributed by atoms with Crippen molar-refractivity contribution in [3.8, 4) is 0 Å². The van der Waals surface area contributed by atoms with Crippen molar-refractivity contribution >= 4 is 28.9 Å². The van der Waals surface area contributed by atoms with E-state index >= 15 is 0 Å². The number of hydrogen-bond acceptors (Lipinski definition) is 3. The van der Waals surface area contributed by atoms with Crippen LogP contribution in [0.4, 0.5) is 5.69 Å². The maximum Gasteiger partial charge on any atom is 0.348 e. The molecule has 4 nitrogen and oxygen atoms in total. The van der Waals surface area contributed by atoms with Crippen molar-refractivity contribution < 1.29 is 14.7 Å². The van der Waals surface area contributed by atoms with Crippen LogP contribution in [0.5, 0.6) is 0 Å². The van der Waals surface area contributed by atoms with E-state index in [-0.39, 0.29) is 16.7 Å². The van der Waals surface area contributed by atoms with E-state index < -0.39 is 5.97 Å². The van der Waals surface area contributed by atoms with Gasteiger partial charge in [0.15, 0.2) is 0 Å². The van der Waals surface area contributed by atoms with E-state index in [0.29, 0.717) is 5.69 Å². The SMILES string of the molecule is CCC(C)C(=O)Nc1ccsc1C(=O)O. The van der Waals surface area contributed by atoms with Gasteiger partial charge in [0, 0.05) is 5.92 Å². The second-order valence-electron chi connectivity index (χ2n) is 3.27. The molecule has 15 heavy (non-hydrogen) atoms. The van der Waals surface area contributed by atoms with Gasteiger partial charge in [-0.25, -0.2) is 4.79 Å².